The van der Waals surface area contributed by atoms with Crippen molar-refractivity contribution in [2.75, 3.05) is 26.0 Å². The summed E-state index contributed by atoms with van der Waals surface area (Å²) in [6.07, 6.45) is 0. The van der Waals surface area contributed by atoms with Gasteiger partial charge in [0.25, 0.3) is 0 Å². The van der Waals surface area contributed by atoms with Crippen LogP contribution in [0.5, 0.6) is 5.75 Å². The number of likely N-dealkylation sites (tertiary alicyclic amines) is 1. The Labute approximate surface area is 186 Å². The molecule has 9 heteroatoms. The topological polar surface area (TPSA) is 99.8 Å². The van der Waals surface area contributed by atoms with E-state index in [9.17, 15) is 18.8 Å². The highest BCUT2D eigenvalue weighted by molar-refractivity contribution is 5.98. The van der Waals surface area contributed by atoms with E-state index in [0.717, 1.165) is 5.56 Å². The second-order valence-electron chi connectivity index (χ2n) is 8.05. The van der Waals surface area contributed by atoms with E-state index in [4.69, 9.17) is 4.74 Å². The van der Waals surface area contributed by atoms with Crippen molar-refractivity contribution in [3.63, 3.8) is 0 Å². The number of nitrogens with zero attached hydrogens (tertiary/aromatic N) is 1. The van der Waals surface area contributed by atoms with Gasteiger partial charge in [-0.1, -0.05) is 12.1 Å². The van der Waals surface area contributed by atoms with Crippen LogP contribution in [0, 0.1) is 5.82 Å². The fourth-order valence-corrected chi connectivity index (χ4v) is 3.82. The van der Waals surface area contributed by atoms with E-state index in [-0.39, 0.29) is 18.4 Å². The Morgan fingerprint density at radius 3 is 2.28 bits per heavy atom. The molecule has 1 saturated heterocycles. The summed E-state index contributed by atoms with van der Waals surface area (Å²) in [5.41, 5.74) is 0.0970. The lowest BCUT2D eigenvalue weighted by Gasteiger charge is -2.34. The first kappa shape index (κ1) is 23.1. The molecule has 2 aromatic carbocycles. The molecule has 2 aromatic rings. The second kappa shape index (κ2) is 9.25. The molecule has 8 nitrogen and oxygen atoms in total. The molecule has 0 aliphatic carbocycles. The van der Waals surface area contributed by atoms with Gasteiger partial charge in [0.15, 0.2) is 0 Å². The van der Waals surface area contributed by atoms with Crippen LogP contribution in [-0.4, -0.2) is 55.0 Å². The molecule has 0 aromatic heterocycles. The minimum Gasteiger partial charge on any atom is -0.497 e. The van der Waals surface area contributed by atoms with Crippen molar-refractivity contribution in [3.05, 3.63) is 59.9 Å². The average molecular weight is 442 g/mol. The van der Waals surface area contributed by atoms with E-state index in [1.807, 2.05) is 12.1 Å². The second-order valence-corrected chi connectivity index (χ2v) is 8.05. The number of halogens is 1. The summed E-state index contributed by atoms with van der Waals surface area (Å²) in [6.45, 7) is 3.57. The van der Waals surface area contributed by atoms with Crippen molar-refractivity contribution >= 4 is 23.5 Å². The molecule has 0 bridgehead atoms. The first-order chi connectivity index (χ1) is 15.2. The van der Waals surface area contributed by atoms with E-state index >= 15 is 0 Å². The molecule has 2 atom stereocenters. The quantitative estimate of drug-likeness (QED) is 0.640. The van der Waals surface area contributed by atoms with Crippen LogP contribution in [0.4, 0.5) is 14.9 Å². The average Bonchev–Trinajstić information content (AvgIpc) is 3.11. The Balaban J connectivity index is 1.87. The maximum Gasteiger partial charge on any atom is 0.319 e. The zero-order chi connectivity index (χ0) is 23.5. The van der Waals surface area contributed by atoms with Crippen LogP contribution in [-0.2, 0) is 9.59 Å². The molecule has 32 heavy (non-hydrogen) atoms. The van der Waals surface area contributed by atoms with Crippen molar-refractivity contribution < 1.29 is 23.5 Å². The van der Waals surface area contributed by atoms with Gasteiger partial charge in [-0.25, -0.2) is 9.18 Å². The Morgan fingerprint density at radius 1 is 1.09 bits per heavy atom. The summed E-state index contributed by atoms with van der Waals surface area (Å²) in [7, 11) is 3.07. The number of likely N-dealkylation sites (N-methyl/N-ethyl adjacent to an activating group) is 1. The van der Waals surface area contributed by atoms with Gasteiger partial charge in [0.1, 0.15) is 23.1 Å². The van der Waals surface area contributed by atoms with Gasteiger partial charge < -0.3 is 25.6 Å². The molecular formula is C23H27FN4O4. The number of nitrogens with one attached hydrogen (secondary N) is 3. The first-order valence-electron chi connectivity index (χ1n) is 10.2. The predicted molar refractivity (Wildman–Crippen MR) is 118 cm³/mol. The van der Waals surface area contributed by atoms with Gasteiger partial charge in [-0.3, -0.25) is 9.59 Å². The van der Waals surface area contributed by atoms with Crippen LogP contribution in [0.3, 0.4) is 0 Å². The number of carbonyl (C=O) groups excluding carboxylic acids is 3. The third-order valence-electron chi connectivity index (χ3n) is 5.70. The van der Waals surface area contributed by atoms with Crippen molar-refractivity contribution in [2.24, 2.45) is 0 Å². The SMILES string of the molecule is CNC(=O)C(C)(C)N1C[C@@H](c2ccc(OC)cc2)[C@H](NC(=O)Nc2ccc(F)cc2)C1=O. The Bertz CT molecular complexity index is 992. The molecule has 3 N–H and O–H groups in total. The highest BCUT2D eigenvalue weighted by Crippen LogP contribution is 2.34. The van der Waals surface area contributed by atoms with Gasteiger partial charge in [0.2, 0.25) is 11.8 Å². The predicted octanol–water partition coefficient (Wildman–Crippen LogP) is 2.47. The van der Waals surface area contributed by atoms with Crippen LogP contribution < -0.4 is 20.7 Å². The standard InChI is InChI=1S/C23H27FN4O4/c1-23(2,21(30)25-3)28-13-18(14-5-11-17(32-4)12-6-14)19(20(28)29)27-22(31)26-16-9-7-15(24)8-10-16/h5-12,18-19H,13H2,1-4H3,(H,25,30)(H2,26,27,31)/t18-,19-/m0/s1. The summed E-state index contributed by atoms with van der Waals surface area (Å²) in [6, 6.07) is 11.0. The number of anilines is 1. The van der Waals surface area contributed by atoms with E-state index < -0.39 is 29.3 Å². The number of methoxy groups -OCH3 is 1. The fraction of sp³-hybridized carbons (Fsp3) is 0.348. The van der Waals surface area contributed by atoms with Gasteiger partial charge >= 0.3 is 6.03 Å². The molecule has 0 saturated carbocycles. The fourth-order valence-electron chi connectivity index (χ4n) is 3.82. The van der Waals surface area contributed by atoms with Crippen LogP contribution in [0.2, 0.25) is 0 Å². The molecule has 0 radical (unpaired) electrons. The Hall–Kier alpha value is -3.62. The third-order valence-corrected chi connectivity index (χ3v) is 5.70. The number of amides is 4. The van der Waals surface area contributed by atoms with Crippen LogP contribution in [0.15, 0.2) is 48.5 Å². The lowest BCUT2D eigenvalue weighted by Crippen LogP contribution is -2.56. The minimum atomic E-state index is -1.11. The zero-order valence-corrected chi connectivity index (χ0v) is 18.4. The summed E-state index contributed by atoms with van der Waals surface area (Å²) in [5.74, 6) is -0.825. The molecule has 1 aliphatic heterocycles. The molecule has 1 aliphatic rings. The van der Waals surface area contributed by atoms with Crippen LogP contribution in [0.25, 0.3) is 0 Å². The maximum absolute atomic E-state index is 13.3. The number of rotatable bonds is 6. The molecule has 1 fully saturated rings. The van der Waals surface area contributed by atoms with Crippen molar-refractivity contribution in [2.45, 2.75) is 31.3 Å². The van der Waals surface area contributed by atoms with E-state index in [1.165, 1.54) is 36.2 Å². The summed E-state index contributed by atoms with van der Waals surface area (Å²) < 4.78 is 18.3. The Morgan fingerprint density at radius 2 is 1.72 bits per heavy atom. The lowest BCUT2D eigenvalue weighted by molar-refractivity contribution is -0.143. The minimum absolute atomic E-state index is 0.243. The zero-order valence-electron chi connectivity index (χ0n) is 18.4. The van der Waals surface area contributed by atoms with E-state index in [0.29, 0.717) is 11.4 Å². The van der Waals surface area contributed by atoms with Crippen LogP contribution in [0.1, 0.15) is 25.3 Å². The number of urea groups is 1. The summed E-state index contributed by atoms with van der Waals surface area (Å²) in [5, 5.41) is 7.92. The molecule has 1 heterocycles. The van der Waals surface area contributed by atoms with Crippen molar-refractivity contribution in [3.8, 4) is 5.75 Å². The number of carbonyl (C=O) groups is 3. The monoisotopic (exact) mass is 442 g/mol. The number of benzene rings is 2. The Kier molecular flexibility index (Phi) is 6.67. The molecule has 0 unspecified atom stereocenters. The highest BCUT2D eigenvalue weighted by atomic mass is 19.1. The van der Waals surface area contributed by atoms with Gasteiger partial charge in [0.05, 0.1) is 7.11 Å². The molecule has 0 spiro atoms. The van der Waals surface area contributed by atoms with Crippen molar-refractivity contribution in [1.29, 1.82) is 0 Å². The smallest absolute Gasteiger partial charge is 0.319 e. The normalized spacial score (nSPS) is 18.3. The number of ether oxygens (including phenoxy) is 1. The van der Waals surface area contributed by atoms with Gasteiger partial charge in [0, 0.05) is 25.2 Å². The number of hydrogen-bond donors (Lipinski definition) is 3. The first-order valence-corrected chi connectivity index (χ1v) is 10.2. The van der Waals surface area contributed by atoms with E-state index in [1.54, 1.807) is 33.1 Å². The molecular weight excluding hydrogens is 415 g/mol. The van der Waals surface area contributed by atoms with Gasteiger partial charge in [-0.05, 0) is 55.8 Å². The van der Waals surface area contributed by atoms with Gasteiger partial charge in [-0.15, -0.1) is 0 Å². The largest absolute Gasteiger partial charge is 0.497 e. The van der Waals surface area contributed by atoms with Crippen molar-refractivity contribution in [1.82, 2.24) is 15.5 Å². The van der Waals surface area contributed by atoms with E-state index in [2.05, 4.69) is 16.0 Å². The lowest BCUT2D eigenvalue weighted by atomic mass is 9.94. The third kappa shape index (κ3) is 4.66. The highest BCUT2D eigenvalue weighted by Gasteiger charge is 2.49. The molecule has 3 rings (SSSR count). The summed E-state index contributed by atoms with van der Waals surface area (Å²) in [4.78, 5) is 39.9. The molecule has 4 amide bonds. The summed E-state index contributed by atoms with van der Waals surface area (Å²) >= 11 is 0. The van der Waals surface area contributed by atoms with Crippen LogP contribution >= 0.6 is 0 Å². The maximum atomic E-state index is 13.3. The number of hydrogen-bond acceptors (Lipinski definition) is 4. The van der Waals surface area contributed by atoms with Gasteiger partial charge in [-0.2, -0.15) is 0 Å². The molecule has 170 valence electrons.